The van der Waals surface area contributed by atoms with Crippen molar-refractivity contribution in [1.82, 2.24) is 0 Å². The number of benzene rings is 1. The molecule has 1 aliphatic heterocycles. The molecule has 2 atom stereocenters. The van der Waals surface area contributed by atoms with Gasteiger partial charge in [0.25, 0.3) is 0 Å². The Morgan fingerprint density at radius 1 is 1.40 bits per heavy atom. The Bertz CT molecular complexity index is 596. The SMILES string of the molecule is CC(N)c1cccc(NC(=O)C2CCCCS2(=O)=O)c1. The zero-order chi connectivity index (χ0) is 14.8. The molecule has 1 saturated heterocycles. The van der Waals surface area contributed by atoms with E-state index in [9.17, 15) is 13.2 Å². The first-order valence-electron chi connectivity index (χ1n) is 6.78. The molecule has 1 fully saturated rings. The van der Waals surface area contributed by atoms with Crippen LogP contribution in [0, 0.1) is 0 Å². The van der Waals surface area contributed by atoms with E-state index in [4.69, 9.17) is 5.73 Å². The molecule has 1 aromatic carbocycles. The standard InChI is InChI=1S/C14H20N2O3S/c1-10(15)11-5-4-6-12(9-11)16-14(17)13-7-2-3-8-20(13,18)19/h4-6,9-10,13H,2-3,7-8,15H2,1H3,(H,16,17). The first kappa shape index (κ1) is 15.0. The topological polar surface area (TPSA) is 89.3 Å². The third-order valence-corrected chi connectivity index (χ3v) is 5.73. The van der Waals surface area contributed by atoms with E-state index in [1.54, 1.807) is 18.2 Å². The van der Waals surface area contributed by atoms with Crippen LogP contribution in [-0.2, 0) is 14.6 Å². The molecule has 20 heavy (non-hydrogen) atoms. The molecule has 1 heterocycles. The van der Waals surface area contributed by atoms with E-state index in [1.807, 2.05) is 13.0 Å². The maximum Gasteiger partial charge on any atom is 0.242 e. The molecule has 0 saturated carbocycles. The summed E-state index contributed by atoms with van der Waals surface area (Å²) in [6.07, 6.45) is 1.82. The van der Waals surface area contributed by atoms with E-state index in [0.717, 1.165) is 12.0 Å². The van der Waals surface area contributed by atoms with Crippen LogP contribution in [0.1, 0.15) is 37.8 Å². The Kier molecular flexibility index (Phi) is 4.45. The Hall–Kier alpha value is -1.40. The normalized spacial score (nSPS) is 23.0. The molecule has 0 bridgehead atoms. The van der Waals surface area contributed by atoms with Gasteiger partial charge in [-0.3, -0.25) is 4.79 Å². The van der Waals surface area contributed by atoms with Gasteiger partial charge in [-0.25, -0.2) is 8.42 Å². The summed E-state index contributed by atoms with van der Waals surface area (Å²) in [6.45, 7) is 1.85. The summed E-state index contributed by atoms with van der Waals surface area (Å²) in [5.74, 6) is -0.336. The molecule has 3 N–H and O–H groups in total. The van der Waals surface area contributed by atoms with Crippen LogP contribution in [0.4, 0.5) is 5.69 Å². The van der Waals surface area contributed by atoms with Gasteiger partial charge in [0, 0.05) is 11.7 Å². The van der Waals surface area contributed by atoms with Crippen molar-refractivity contribution >= 4 is 21.4 Å². The third-order valence-electron chi connectivity index (χ3n) is 3.55. The zero-order valence-corrected chi connectivity index (χ0v) is 12.3. The highest BCUT2D eigenvalue weighted by Crippen LogP contribution is 2.22. The number of nitrogens with one attached hydrogen (secondary N) is 1. The first-order chi connectivity index (χ1) is 9.40. The van der Waals surface area contributed by atoms with E-state index in [-0.39, 0.29) is 11.8 Å². The lowest BCUT2D eigenvalue weighted by Gasteiger charge is -2.21. The minimum atomic E-state index is -3.31. The number of hydrogen-bond acceptors (Lipinski definition) is 4. The molecule has 1 aliphatic rings. The molecular weight excluding hydrogens is 276 g/mol. The second-order valence-corrected chi connectivity index (χ2v) is 7.56. The van der Waals surface area contributed by atoms with Crippen molar-refractivity contribution in [3.05, 3.63) is 29.8 Å². The van der Waals surface area contributed by atoms with Crippen LogP contribution in [0.25, 0.3) is 0 Å². The predicted octanol–water partition coefficient (Wildman–Crippen LogP) is 1.61. The zero-order valence-electron chi connectivity index (χ0n) is 11.5. The van der Waals surface area contributed by atoms with Crippen molar-refractivity contribution < 1.29 is 13.2 Å². The van der Waals surface area contributed by atoms with Gasteiger partial charge in [-0.2, -0.15) is 0 Å². The molecule has 0 aromatic heterocycles. The molecule has 5 nitrogen and oxygen atoms in total. The maximum atomic E-state index is 12.1. The number of carbonyl (C=O) groups is 1. The fourth-order valence-electron chi connectivity index (χ4n) is 2.37. The van der Waals surface area contributed by atoms with Crippen LogP contribution < -0.4 is 11.1 Å². The summed E-state index contributed by atoms with van der Waals surface area (Å²) in [4.78, 5) is 12.1. The first-order valence-corrected chi connectivity index (χ1v) is 8.49. The Balaban J connectivity index is 2.13. The van der Waals surface area contributed by atoms with Gasteiger partial charge >= 0.3 is 0 Å². The summed E-state index contributed by atoms with van der Waals surface area (Å²) in [5.41, 5.74) is 7.28. The summed E-state index contributed by atoms with van der Waals surface area (Å²) in [5, 5.41) is 1.77. The number of rotatable bonds is 3. The summed E-state index contributed by atoms with van der Waals surface area (Å²) in [7, 11) is -3.31. The molecule has 0 spiro atoms. The average molecular weight is 296 g/mol. The molecule has 0 radical (unpaired) electrons. The monoisotopic (exact) mass is 296 g/mol. The van der Waals surface area contributed by atoms with Gasteiger partial charge in [0.1, 0.15) is 5.25 Å². The quantitative estimate of drug-likeness (QED) is 0.887. The fraction of sp³-hybridized carbons (Fsp3) is 0.500. The van der Waals surface area contributed by atoms with Crippen LogP contribution >= 0.6 is 0 Å². The Labute approximate surface area is 119 Å². The van der Waals surface area contributed by atoms with Crippen LogP contribution in [0.5, 0.6) is 0 Å². The predicted molar refractivity (Wildman–Crippen MR) is 79.1 cm³/mol. The van der Waals surface area contributed by atoms with Crippen LogP contribution in [0.15, 0.2) is 24.3 Å². The van der Waals surface area contributed by atoms with E-state index in [0.29, 0.717) is 18.5 Å². The largest absolute Gasteiger partial charge is 0.325 e. The van der Waals surface area contributed by atoms with Gasteiger partial charge in [-0.1, -0.05) is 18.6 Å². The number of carbonyl (C=O) groups excluding carboxylic acids is 1. The van der Waals surface area contributed by atoms with Gasteiger partial charge in [0.2, 0.25) is 5.91 Å². The molecule has 1 amide bonds. The van der Waals surface area contributed by atoms with Crippen LogP contribution in [0.2, 0.25) is 0 Å². The second kappa shape index (κ2) is 5.93. The molecule has 2 rings (SSSR count). The fourth-order valence-corrected chi connectivity index (χ4v) is 4.17. The van der Waals surface area contributed by atoms with Crippen LogP contribution in [0.3, 0.4) is 0 Å². The highest BCUT2D eigenvalue weighted by atomic mass is 32.2. The number of hydrogen-bond donors (Lipinski definition) is 2. The lowest BCUT2D eigenvalue weighted by Crippen LogP contribution is -2.39. The van der Waals surface area contributed by atoms with Crippen molar-refractivity contribution in [2.45, 2.75) is 37.5 Å². The average Bonchev–Trinajstić information content (AvgIpc) is 2.38. The third kappa shape index (κ3) is 3.37. The minimum absolute atomic E-state index is 0.102. The van der Waals surface area contributed by atoms with Crippen molar-refractivity contribution in [1.29, 1.82) is 0 Å². The second-order valence-electron chi connectivity index (χ2n) is 5.25. The molecule has 6 heteroatoms. The van der Waals surface area contributed by atoms with Gasteiger partial charge in [-0.05, 0) is 37.5 Å². The van der Waals surface area contributed by atoms with Gasteiger partial charge in [-0.15, -0.1) is 0 Å². The molecule has 110 valence electrons. The minimum Gasteiger partial charge on any atom is -0.325 e. The Morgan fingerprint density at radius 3 is 2.80 bits per heavy atom. The van der Waals surface area contributed by atoms with Crippen LogP contribution in [-0.4, -0.2) is 25.3 Å². The molecule has 1 aromatic rings. The van der Waals surface area contributed by atoms with Gasteiger partial charge in [0.05, 0.1) is 5.75 Å². The number of amides is 1. The summed E-state index contributed by atoms with van der Waals surface area (Å²) in [6, 6.07) is 7.05. The van der Waals surface area contributed by atoms with E-state index in [2.05, 4.69) is 5.32 Å². The van der Waals surface area contributed by atoms with Crippen molar-refractivity contribution in [2.24, 2.45) is 5.73 Å². The molecule has 0 aliphatic carbocycles. The van der Waals surface area contributed by atoms with E-state index < -0.39 is 21.0 Å². The lowest BCUT2D eigenvalue weighted by atomic mass is 10.1. The van der Waals surface area contributed by atoms with E-state index in [1.165, 1.54) is 0 Å². The number of anilines is 1. The number of sulfone groups is 1. The lowest BCUT2D eigenvalue weighted by molar-refractivity contribution is -0.116. The highest BCUT2D eigenvalue weighted by Gasteiger charge is 2.34. The van der Waals surface area contributed by atoms with Gasteiger partial charge < -0.3 is 11.1 Å². The number of nitrogens with two attached hydrogens (primary N) is 1. The highest BCUT2D eigenvalue weighted by molar-refractivity contribution is 7.92. The van der Waals surface area contributed by atoms with E-state index >= 15 is 0 Å². The van der Waals surface area contributed by atoms with Crippen molar-refractivity contribution in [3.63, 3.8) is 0 Å². The van der Waals surface area contributed by atoms with Crippen molar-refractivity contribution in [2.75, 3.05) is 11.1 Å². The summed E-state index contributed by atoms with van der Waals surface area (Å²) >= 11 is 0. The smallest absolute Gasteiger partial charge is 0.242 e. The maximum absolute atomic E-state index is 12.1. The van der Waals surface area contributed by atoms with Crippen molar-refractivity contribution in [3.8, 4) is 0 Å². The molecular formula is C14H20N2O3S. The molecule has 2 unspecified atom stereocenters. The summed E-state index contributed by atoms with van der Waals surface area (Å²) < 4.78 is 23.8. The van der Waals surface area contributed by atoms with Gasteiger partial charge in [0.15, 0.2) is 9.84 Å². The Morgan fingerprint density at radius 2 is 2.15 bits per heavy atom.